The van der Waals surface area contributed by atoms with Gasteiger partial charge in [0.05, 0.1) is 0 Å². The SMILES string of the molecule is CCN(CC(=O)N(C)C)C(=O)N1CCCC(CC(=O)O)C1. The normalized spacial score (nSPS) is 18.2. The molecule has 0 radical (unpaired) electrons. The van der Waals surface area contributed by atoms with Crippen LogP contribution < -0.4 is 0 Å². The second-order valence-electron chi connectivity index (χ2n) is 5.64. The molecule has 1 fully saturated rings. The Morgan fingerprint density at radius 2 is 1.95 bits per heavy atom. The predicted molar refractivity (Wildman–Crippen MR) is 77.9 cm³/mol. The third kappa shape index (κ3) is 5.24. The van der Waals surface area contributed by atoms with E-state index in [1.54, 1.807) is 19.0 Å². The summed E-state index contributed by atoms with van der Waals surface area (Å²) in [5, 5.41) is 8.86. The molecule has 1 aliphatic rings. The Hall–Kier alpha value is -1.79. The summed E-state index contributed by atoms with van der Waals surface area (Å²) in [6.07, 6.45) is 1.73. The molecule has 1 saturated heterocycles. The van der Waals surface area contributed by atoms with Crippen molar-refractivity contribution in [3.63, 3.8) is 0 Å². The molecule has 1 heterocycles. The lowest BCUT2D eigenvalue weighted by atomic mass is 9.95. The quantitative estimate of drug-likeness (QED) is 0.810. The van der Waals surface area contributed by atoms with Crippen molar-refractivity contribution in [2.24, 2.45) is 5.92 Å². The number of nitrogens with zero attached hydrogens (tertiary/aromatic N) is 3. The first-order valence-corrected chi connectivity index (χ1v) is 7.31. The number of aliphatic carboxylic acids is 1. The van der Waals surface area contributed by atoms with E-state index in [9.17, 15) is 14.4 Å². The number of carbonyl (C=O) groups is 3. The van der Waals surface area contributed by atoms with Gasteiger partial charge in [-0.3, -0.25) is 9.59 Å². The average molecular weight is 299 g/mol. The van der Waals surface area contributed by atoms with Gasteiger partial charge in [0.25, 0.3) is 0 Å². The Balaban J connectivity index is 2.62. The first kappa shape index (κ1) is 17.3. The second-order valence-corrected chi connectivity index (χ2v) is 5.64. The highest BCUT2D eigenvalue weighted by atomic mass is 16.4. The van der Waals surface area contributed by atoms with Crippen molar-refractivity contribution in [2.75, 3.05) is 40.3 Å². The van der Waals surface area contributed by atoms with E-state index in [-0.39, 0.29) is 30.8 Å². The van der Waals surface area contributed by atoms with Crippen molar-refractivity contribution in [3.8, 4) is 0 Å². The molecule has 0 bridgehead atoms. The molecule has 1 unspecified atom stereocenters. The van der Waals surface area contributed by atoms with Crippen LogP contribution in [0.2, 0.25) is 0 Å². The topological polar surface area (TPSA) is 81.2 Å². The van der Waals surface area contributed by atoms with E-state index in [2.05, 4.69) is 0 Å². The van der Waals surface area contributed by atoms with Gasteiger partial charge in [-0.05, 0) is 25.7 Å². The number of rotatable bonds is 5. The molecular formula is C14H25N3O4. The molecule has 0 aromatic rings. The number of likely N-dealkylation sites (tertiary alicyclic amines) is 1. The molecule has 1 atom stereocenters. The van der Waals surface area contributed by atoms with Crippen LogP contribution in [0.3, 0.4) is 0 Å². The number of urea groups is 1. The summed E-state index contributed by atoms with van der Waals surface area (Å²) in [6.45, 7) is 3.43. The number of carboxylic acids is 1. The van der Waals surface area contributed by atoms with Gasteiger partial charge in [0, 0.05) is 40.2 Å². The van der Waals surface area contributed by atoms with Crippen LogP contribution in [0.4, 0.5) is 4.79 Å². The van der Waals surface area contributed by atoms with Crippen LogP contribution in [-0.4, -0.2) is 78.0 Å². The molecule has 1 aliphatic heterocycles. The van der Waals surface area contributed by atoms with Crippen LogP contribution in [-0.2, 0) is 9.59 Å². The molecule has 3 amide bonds. The van der Waals surface area contributed by atoms with Crippen molar-refractivity contribution >= 4 is 17.9 Å². The van der Waals surface area contributed by atoms with Crippen LogP contribution >= 0.6 is 0 Å². The van der Waals surface area contributed by atoms with Crippen molar-refractivity contribution < 1.29 is 19.5 Å². The summed E-state index contributed by atoms with van der Waals surface area (Å²) >= 11 is 0. The molecule has 21 heavy (non-hydrogen) atoms. The van der Waals surface area contributed by atoms with Gasteiger partial charge in [0.1, 0.15) is 6.54 Å². The minimum atomic E-state index is -0.829. The lowest BCUT2D eigenvalue weighted by Crippen LogP contribution is -2.50. The van der Waals surface area contributed by atoms with Crippen LogP contribution in [0, 0.1) is 5.92 Å². The van der Waals surface area contributed by atoms with Gasteiger partial charge in [-0.15, -0.1) is 0 Å². The number of hydrogen-bond acceptors (Lipinski definition) is 3. The zero-order chi connectivity index (χ0) is 16.0. The first-order chi connectivity index (χ1) is 9.85. The van der Waals surface area contributed by atoms with Gasteiger partial charge in [-0.2, -0.15) is 0 Å². The minimum Gasteiger partial charge on any atom is -0.481 e. The van der Waals surface area contributed by atoms with E-state index in [4.69, 9.17) is 5.11 Å². The number of likely N-dealkylation sites (N-methyl/N-ethyl adjacent to an activating group) is 2. The molecule has 1 rings (SSSR count). The molecule has 1 N–H and O–H groups in total. The lowest BCUT2D eigenvalue weighted by molar-refractivity contribution is -0.138. The maximum absolute atomic E-state index is 12.5. The summed E-state index contributed by atoms with van der Waals surface area (Å²) in [6, 6.07) is -0.178. The molecule has 0 saturated carbocycles. The molecule has 0 aliphatic carbocycles. The first-order valence-electron chi connectivity index (χ1n) is 7.31. The van der Waals surface area contributed by atoms with E-state index in [0.717, 1.165) is 12.8 Å². The number of piperidine rings is 1. The van der Waals surface area contributed by atoms with Gasteiger partial charge < -0.3 is 19.8 Å². The predicted octanol–water partition coefficient (Wildman–Crippen LogP) is 0.703. The van der Waals surface area contributed by atoms with Gasteiger partial charge in [-0.25, -0.2) is 4.79 Å². The monoisotopic (exact) mass is 299 g/mol. The molecule has 7 nitrogen and oxygen atoms in total. The zero-order valence-corrected chi connectivity index (χ0v) is 13.0. The largest absolute Gasteiger partial charge is 0.481 e. The Morgan fingerprint density at radius 1 is 1.29 bits per heavy atom. The summed E-state index contributed by atoms with van der Waals surface area (Å²) < 4.78 is 0. The fourth-order valence-electron chi connectivity index (χ4n) is 2.47. The fourth-order valence-corrected chi connectivity index (χ4v) is 2.47. The Kier molecular flexibility index (Phi) is 6.45. The van der Waals surface area contributed by atoms with E-state index in [0.29, 0.717) is 19.6 Å². The smallest absolute Gasteiger partial charge is 0.320 e. The molecule has 7 heteroatoms. The van der Waals surface area contributed by atoms with Crippen molar-refractivity contribution in [1.82, 2.24) is 14.7 Å². The molecule has 0 aromatic carbocycles. The highest BCUT2D eigenvalue weighted by Gasteiger charge is 2.28. The number of hydrogen-bond donors (Lipinski definition) is 1. The summed E-state index contributed by atoms with van der Waals surface area (Å²) in [5.41, 5.74) is 0. The summed E-state index contributed by atoms with van der Waals surface area (Å²) in [7, 11) is 3.31. The summed E-state index contributed by atoms with van der Waals surface area (Å²) in [4.78, 5) is 39.6. The Morgan fingerprint density at radius 3 is 2.48 bits per heavy atom. The zero-order valence-electron chi connectivity index (χ0n) is 13.0. The Bertz CT molecular complexity index is 398. The molecular weight excluding hydrogens is 274 g/mol. The molecule has 0 spiro atoms. The average Bonchev–Trinajstić information content (AvgIpc) is 2.43. The number of carbonyl (C=O) groups excluding carboxylic acids is 2. The van der Waals surface area contributed by atoms with E-state index >= 15 is 0 Å². The maximum Gasteiger partial charge on any atom is 0.320 e. The Labute approximate surface area is 125 Å². The second kappa shape index (κ2) is 7.85. The van der Waals surface area contributed by atoms with E-state index in [1.807, 2.05) is 6.92 Å². The van der Waals surface area contributed by atoms with E-state index in [1.165, 1.54) is 9.80 Å². The van der Waals surface area contributed by atoms with Crippen molar-refractivity contribution in [2.45, 2.75) is 26.2 Å². The maximum atomic E-state index is 12.5. The van der Waals surface area contributed by atoms with Gasteiger partial charge in [-0.1, -0.05) is 0 Å². The van der Waals surface area contributed by atoms with Crippen LogP contribution in [0.15, 0.2) is 0 Å². The van der Waals surface area contributed by atoms with E-state index < -0.39 is 5.97 Å². The summed E-state index contributed by atoms with van der Waals surface area (Å²) in [5.74, 6) is -0.947. The highest BCUT2D eigenvalue weighted by molar-refractivity contribution is 5.84. The van der Waals surface area contributed by atoms with Crippen LogP contribution in [0.25, 0.3) is 0 Å². The van der Waals surface area contributed by atoms with Crippen molar-refractivity contribution in [1.29, 1.82) is 0 Å². The van der Waals surface area contributed by atoms with Crippen LogP contribution in [0.5, 0.6) is 0 Å². The third-order valence-corrected chi connectivity index (χ3v) is 3.73. The van der Waals surface area contributed by atoms with Gasteiger partial charge >= 0.3 is 12.0 Å². The fraction of sp³-hybridized carbons (Fsp3) is 0.786. The standard InChI is InChI=1S/C14H25N3O4/c1-4-16(10-12(18)15(2)3)14(21)17-7-5-6-11(9-17)8-13(19)20/h11H,4-10H2,1-3H3,(H,19,20). The number of amides is 3. The van der Waals surface area contributed by atoms with Gasteiger partial charge in [0.2, 0.25) is 5.91 Å². The van der Waals surface area contributed by atoms with Crippen LogP contribution in [0.1, 0.15) is 26.2 Å². The lowest BCUT2D eigenvalue weighted by Gasteiger charge is -2.35. The number of carboxylic acid groups (broad SMARTS) is 1. The third-order valence-electron chi connectivity index (χ3n) is 3.73. The minimum absolute atomic E-state index is 0.00320. The highest BCUT2D eigenvalue weighted by Crippen LogP contribution is 2.20. The molecule has 120 valence electrons. The molecule has 0 aromatic heterocycles. The van der Waals surface area contributed by atoms with Crippen molar-refractivity contribution in [3.05, 3.63) is 0 Å². The van der Waals surface area contributed by atoms with Gasteiger partial charge in [0.15, 0.2) is 0 Å².